The summed E-state index contributed by atoms with van der Waals surface area (Å²) >= 11 is 1.48. The summed E-state index contributed by atoms with van der Waals surface area (Å²) in [5.74, 6) is -0.0568. The smallest absolute Gasteiger partial charge is 0.335 e. The molecule has 3 aromatic rings. The van der Waals surface area contributed by atoms with Crippen molar-refractivity contribution in [2.75, 3.05) is 6.61 Å². The highest BCUT2D eigenvalue weighted by atomic mass is 32.1. The van der Waals surface area contributed by atoms with Crippen molar-refractivity contribution in [3.05, 3.63) is 54.1 Å². The largest absolute Gasteiger partial charge is 0.494 e. The minimum absolute atomic E-state index is 0.261. The Bertz CT molecular complexity index is 968. The number of unbranched alkanes of at least 4 members (excludes halogenated alkanes) is 9. The van der Waals surface area contributed by atoms with Crippen LogP contribution < -0.4 is 4.74 Å². The van der Waals surface area contributed by atoms with Crippen LogP contribution in [0.2, 0.25) is 0 Å². The molecule has 0 aliphatic rings. The molecule has 0 unspecified atom stereocenters. The highest BCUT2D eigenvalue weighted by Crippen LogP contribution is 2.31. The summed E-state index contributed by atoms with van der Waals surface area (Å²) in [4.78, 5) is 11.0. The second kappa shape index (κ2) is 13.7. The standard InChI is InChI=1S/C27H34N2O3S/c1-2-3-4-5-6-7-8-9-10-11-20-32-24-18-16-22(17-19-24)26-29-28-25(33-26)21-12-14-23(15-13-21)27(30)31/h12-19H,2-11,20H2,1H3,(H,30,31). The number of rotatable bonds is 15. The van der Waals surface area contributed by atoms with E-state index < -0.39 is 5.97 Å². The zero-order chi connectivity index (χ0) is 23.3. The van der Waals surface area contributed by atoms with Crippen LogP contribution in [0.4, 0.5) is 0 Å². The molecule has 0 saturated carbocycles. The third-order valence-corrected chi connectivity index (χ3v) is 6.69. The van der Waals surface area contributed by atoms with Crippen LogP contribution in [0.5, 0.6) is 5.75 Å². The van der Waals surface area contributed by atoms with E-state index in [1.807, 2.05) is 24.3 Å². The molecule has 176 valence electrons. The van der Waals surface area contributed by atoms with Gasteiger partial charge in [-0.1, -0.05) is 88.2 Å². The molecule has 0 aliphatic carbocycles. The van der Waals surface area contributed by atoms with Crippen LogP contribution in [0.1, 0.15) is 81.5 Å². The lowest BCUT2D eigenvalue weighted by Gasteiger charge is -2.07. The van der Waals surface area contributed by atoms with E-state index in [-0.39, 0.29) is 5.56 Å². The van der Waals surface area contributed by atoms with Gasteiger partial charge in [0, 0.05) is 11.1 Å². The van der Waals surface area contributed by atoms with Crippen LogP contribution >= 0.6 is 11.3 Å². The van der Waals surface area contributed by atoms with Gasteiger partial charge in [0.05, 0.1) is 12.2 Å². The molecule has 1 aromatic heterocycles. The van der Waals surface area contributed by atoms with Crippen molar-refractivity contribution < 1.29 is 14.6 Å². The molecule has 0 atom stereocenters. The molecular formula is C27H34N2O3S. The molecule has 33 heavy (non-hydrogen) atoms. The number of aromatic nitrogens is 2. The third-order valence-electron chi connectivity index (χ3n) is 5.67. The zero-order valence-corrected chi connectivity index (χ0v) is 20.3. The van der Waals surface area contributed by atoms with Gasteiger partial charge >= 0.3 is 5.97 Å². The maximum Gasteiger partial charge on any atom is 0.335 e. The minimum atomic E-state index is -0.935. The Balaban J connectivity index is 1.37. The van der Waals surface area contributed by atoms with Crippen molar-refractivity contribution in [2.45, 2.75) is 71.1 Å². The number of carboxylic acid groups (broad SMARTS) is 1. The second-order valence-corrected chi connectivity index (χ2v) is 9.33. The normalized spacial score (nSPS) is 10.9. The number of benzene rings is 2. The van der Waals surface area contributed by atoms with E-state index in [4.69, 9.17) is 9.84 Å². The number of carbonyl (C=O) groups is 1. The van der Waals surface area contributed by atoms with E-state index >= 15 is 0 Å². The van der Waals surface area contributed by atoms with Crippen LogP contribution in [-0.4, -0.2) is 27.9 Å². The van der Waals surface area contributed by atoms with Gasteiger partial charge in [0.15, 0.2) is 0 Å². The maximum absolute atomic E-state index is 11.0. The predicted octanol–water partition coefficient (Wildman–Crippen LogP) is 7.87. The SMILES string of the molecule is CCCCCCCCCCCCOc1ccc(-c2nnc(-c3ccc(C(=O)O)cc3)s2)cc1. The number of nitrogens with zero attached hydrogens (tertiary/aromatic N) is 2. The van der Waals surface area contributed by atoms with Gasteiger partial charge in [-0.2, -0.15) is 0 Å². The molecule has 0 spiro atoms. The molecular weight excluding hydrogens is 432 g/mol. The lowest BCUT2D eigenvalue weighted by atomic mass is 10.1. The van der Waals surface area contributed by atoms with Gasteiger partial charge in [0.25, 0.3) is 0 Å². The van der Waals surface area contributed by atoms with Crippen molar-refractivity contribution in [2.24, 2.45) is 0 Å². The van der Waals surface area contributed by atoms with E-state index in [1.54, 1.807) is 24.3 Å². The van der Waals surface area contributed by atoms with E-state index in [1.165, 1.54) is 69.1 Å². The van der Waals surface area contributed by atoms with Gasteiger partial charge in [-0.3, -0.25) is 0 Å². The fourth-order valence-corrected chi connectivity index (χ4v) is 4.54. The van der Waals surface area contributed by atoms with Crippen LogP contribution in [-0.2, 0) is 0 Å². The summed E-state index contributed by atoms with van der Waals surface area (Å²) in [6.45, 7) is 3.02. The first kappa shape index (κ1) is 24.9. The highest BCUT2D eigenvalue weighted by molar-refractivity contribution is 7.17. The number of hydrogen-bond acceptors (Lipinski definition) is 5. The number of carboxylic acids is 1. The third kappa shape index (κ3) is 8.28. The lowest BCUT2D eigenvalue weighted by molar-refractivity contribution is 0.0697. The average molecular weight is 467 g/mol. The maximum atomic E-state index is 11.0. The molecule has 0 aliphatic heterocycles. The number of ether oxygens (including phenoxy) is 1. The topological polar surface area (TPSA) is 72.3 Å². The number of aromatic carboxylic acids is 1. The summed E-state index contributed by atoms with van der Waals surface area (Å²) in [7, 11) is 0. The Morgan fingerprint density at radius 3 is 1.76 bits per heavy atom. The van der Waals surface area contributed by atoms with Crippen molar-refractivity contribution in [1.82, 2.24) is 10.2 Å². The first-order chi connectivity index (χ1) is 16.2. The second-order valence-electron chi connectivity index (χ2n) is 8.35. The molecule has 1 heterocycles. The van der Waals surface area contributed by atoms with Gasteiger partial charge in [0.1, 0.15) is 15.8 Å². The average Bonchev–Trinajstić information content (AvgIpc) is 3.33. The first-order valence-corrected chi connectivity index (χ1v) is 12.9. The molecule has 3 rings (SSSR count). The van der Waals surface area contributed by atoms with Crippen LogP contribution in [0.15, 0.2) is 48.5 Å². The predicted molar refractivity (Wildman–Crippen MR) is 135 cm³/mol. The molecule has 6 heteroatoms. The quantitative estimate of drug-likeness (QED) is 0.231. The summed E-state index contributed by atoms with van der Waals surface area (Å²) < 4.78 is 5.89. The van der Waals surface area contributed by atoms with E-state index in [2.05, 4.69) is 17.1 Å². The first-order valence-electron chi connectivity index (χ1n) is 12.1. The Kier molecular flexibility index (Phi) is 10.4. The molecule has 1 N–H and O–H groups in total. The molecule has 0 saturated heterocycles. The summed E-state index contributed by atoms with van der Waals surface area (Å²) in [5.41, 5.74) is 2.12. The van der Waals surface area contributed by atoms with Crippen LogP contribution in [0.25, 0.3) is 21.1 Å². The van der Waals surface area contributed by atoms with Crippen molar-refractivity contribution >= 4 is 17.3 Å². The van der Waals surface area contributed by atoms with E-state index in [9.17, 15) is 4.79 Å². The molecule has 0 bridgehead atoms. The fourth-order valence-electron chi connectivity index (χ4n) is 3.69. The van der Waals surface area contributed by atoms with Gasteiger partial charge in [-0.25, -0.2) is 4.79 Å². The van der Waals surface area contributed by atoms with Crippen LogP contribution in [0, 0.1) is 0 Å². The van der Waals surface area contributed by atoms with Gasteiger partial charge in [-0.15, -0.1) is 10.2 Å². The van der Waals surface area contributed by atoms with Crippen LogP contribution in [0.3, 0.4) is 0 Å². The number of hydrogen-bond donors (Lipinski definition) is 1. The Hall–Kier alpha value is -2.73. The summed E-state index contributed by atoms with van der Waals surface area (Å²) in [6, 6.07) is 14.7. The van der Waals surface area contributed by atoms with Crippen molar-refractivity contribution in [1.29, 1.82) is 0 Å². The van der Waals surface area contributed by atoms with Crippen molar-refractivity contribution in [3.8, 4) is 26.9 Å². The fraction of sp³-hybridized carbons (Fsp3) is 0.444. The molecule has 0 fully saturated rings. The van der Waals surface area contributed by atoms with E-state index in [0.29, 0.717) is 0 Å². The molecule has 0 amide bonds. The molecule has 5 nitrogen and oxygen atoms in total. The Labute approximate surface area is 200 Å². The van der Waals surface area contributed by atoms with Crippen molar-refractivity contribution in [3.63, 3.8) is 0 Å². The Morgan fingerprint density at radius 1 is 0.758 bits per heavy atom. The van der Waals surface area contributed by atoms with Gasteiger partial charge in [0.2, 0.25) is 0 Å². The van der Waals surface area contributed by atoms with E-state index in [0.717, 1.165) is 39.9 Å². The van der Waals surface area contributed by atoms with Gasteiger partial charge < -0.3 is 9.84 Å². The Morgan fingerprint density at radius 2 is 1.24 bits per heavy atom. The lowest BCUT2D eigenvalue weighted by Crippen LogP contribution is -1.97. The molecule has 0 radical (unpaired) electrons. The monoisotopic (exact) mass is 466 g/mol. The minimum Gasteiger partial charge on any atom is -0.494 e. The summed E-state index contributed by atoms with van der Waals surface area (Å²) in [6.07, 6.45) is 13.2. The summed E-state index contributed by atoms with van der Waals surface area (Å²) in [5, 5.41) is 19.2. The molecule has 2 aromatic carbocycles. The van der Waals surface area contributed by atoms with Gasteiger partial charge in [-0.05, 0) is 42.8 Å². The zero-order valence-electron chi connectivity index (χ0n) is 19.5. The highest BCUT2D eigenvalue weighted by Gasteiger charge is 2.10.